The lowest BCUT2D eigenvalue weighted by Crippen LogP contribution is -2.48. The second-order valence-electron chi connectivity index (χ2n) is 7.63. The van der Waals surface area contributed by atoms with Gasteiger partial charge in [0.15, 0.2) is 5.78 Å². The first-order valence-corrected chi connectivity index (χ1v) is 9.69. The maximum atomic E-state index is 12.8. The molecule has 1 aliphatic carbocycles. The number of carbonyl (C=O) groups is 3. The molecule has 1 saturated carbocycles. The largest absolute Gasteiger partial charge is 0.325 e. The molecule has 1 saturated heterocycles. The monoisotopic (exact) mass is 377 g/mol. The number of aromatic nitrogens is 1. The molecule has 28 heavy (non-hydrogen) atoms. The number of Topliss-reactive ketones (excluding diaryl/α,β-unsaturated/α-hetero) is 1. The fraction of sp³-hybridized carbons (Fsp3) is 0.364. The number of ketones is 1. The number of amides is 3. The Morgan fingerprint density at radius 3 is 2.54 bits per heavy atom. The van der Waals surface area contributed by atoms with E-state index in [-0.39, 0.29) is 18.2 Å². The van der Waals surface area contributed by atoms with Gasteiger partial charge in [0.25, 0.3) is 5.91 Å². The molecule has 4 rings (SSSR count). The number of hydrogen-bond donors (Lipinski definition) is 1. The summed E-state index contributed by atoms with van der Waals surface area (Å²) < 4.78 is 0. The van der Waals surface area contributed by atoms with E-state index in [2.05, 4.69) is 10.3 Å². The van der Waals surface area contributed by atoms with Crippen LogP contribution in [0.25, 0.3) is 11.3 Å². The molecule has 0 unspecified atom stereocenters. The fourth-order valence-electron chi connectivity index (χ4n) is 4.13. The van der Waals surface area contributed by atoms with Crippen LogP contribution in [0.2, 0.25) is 0 Å². The molecule has 1 N–H and O–H groups in total. The molecular formula is C22H23N3O3. The highest BCUT2D eigenvalue weighted by Crippen LogP contribution is 2.33. The lowest BCUT2D eigenvalue weighted by atomic mass is 9.82. The first-order chi connectivity index (χ1) is 13.5. The van der Waals surface area contributed by atoms with E-state index in [1.54, 1.807) is 12.1 Å². The van der Waals surface area contributed by atoms with Crippen LogP contribution < -0.4 is 5.32 Å². The van der Waals surface area contributed by atoms with E-state index in [0.717, 1.165) is 41.0 Å². The van der Waals surface area contributed by atoms with Gasteiger partial charge in [-0.05, 0) is 37.5 Å². The van der Waals surface area contributed by atoms with Gasteiger partial charge in [0, 0.05) is 17.3 Å². The number of hydrogen-bond acceptors (Lipinski definition) is 4. The highest BCUT2D eigenvalue weighted by Gasteiger charge is 2.51. The van der Waals surface area contributed by atoms with E-state index in [9.17, 15) is 14.4 Å². The minimum atomic E-state index is -0.803. The molecule has 1 aromatic carbocycles. The smallest absolute Gasteiger partial charge is 0.323 e. The summed E-state index contributed by atoms with van der Waals surface area (Å²) in [5.74, 6) is -0.560. The van der Waals surface area contributed by atoms with Gasteiger partial charge in [0.05, 0.1) is 12.2 Å². The number of pyridine rings is 1. The molecule has 1 aromatic heterocycles. The molecule has 6 heteroatoms. The van der Waals surface area contributed by atoms with Gasteiger partial charge in [-0.15, -0.1) is 0 Å². The van der Waals surface area contributed by atoms with Crippen molar-refractivity contribution in [3.05, 3.63) is 53.7 Å². The first-order valence-electron chi connectivity index (χ1n) is 9.69. The Labute approximate surface area is 164 Å². The summed E-state index contributed by atoms with van der Waals surface area (Å²) in [7, 11) is 0. The van der Waals surface area contributed by atoms with Crippen molar-refractivity contribution >= 4 is 17.7 Å². The number of nitrogens with one attached hydrogen (secondary N) is 1. The second kappa shape index (κ2) is 7.19. The van der Waals surface area contributed by atoms with Crippen molar-refractivity contribution in [2.45, 2.75) is 44.6 Å². The number of benzene rings is 1. The fourth-order valence-corrected chi connectivity index (χ4v) is 4.13. The summed E-state index contributed by atoms with van der Waals surface area (Å²) in [5, 5.41) is 2.83. The molecule has 144 valence electrons. The number of nitrogens with zero attached hydrogens (tertiary/aromatic N) is 2. The number of rotatable bonds is 4. The van der Waals surface area contributed by atoms with Crippen LogP contribution in [0, 0.1) is 6.92 Å². The topological polar surface area (TPSA) is 79.4 Å². The summed E-state index contributed by atoms with van der Waals surface area (Å²) in [5.41, 5.74) is 2.48. The van der Waals surface area contributed by atoms with Crippen molar-refractivity contribution in [2.75, 3.05) is 6.54 Å². The highest BCUT2D eigenvalue weighted by molar-refractivity contribution is 6.11. The van der Waals surface area contributed by atoms with Gasteiger partial charge < -0.3 is 5.32 Å². The molecule has 2 fully saturated rings. The molecule has 3 amide bonds. The average Bonchev–Trinajstić information content (AvgIpc) is 2.93. The van der Waals surface area contributed by atoms with E-state index in [4.69, 9.17) is 0 Å². The lowest BCUT2D eigenvalue weighted by molar-refractivity contribution is -0.132. The predicted octanol–water partition coefficient (Wildman–Crippen LogP) is 3.49. The van der Waals surface area contributed by atoms with Crippen LogP contribution >= 0.6 is 0 Å². The second-order valence-corrected chi connectivity index (χ2v) is 7.63. The predicted molar refractivity (Wildman–Crippen MR) is 105 cm³/mol. The van der Waals surface area contributed by atoms with Crippen molar-refractivity contribution in [3.63, 3.8) is 0 Å². The molecule has 2 aromatic rings. The molecule has 1 spiro atoms. The number of carbonyl (C=O) groups excluding carboxylic acids is 3. The van der Waals surface area contributed by atoms with Crippen molar-refractivity contribution < 1.29 is 14.4 Å². The summed E-state index contributed by atoms with van der Waals surface area (Å²) in [6.45, 7) is 1.76. The maximum absolute atomic E-state index is 12.8. The van der Waals surface area contributed by atoms with Gasteiger partial charge >= 0.3 is 6.03 Å². The Hall–Kier alpha value is -3.02. The zero-order chi connectivity index (χ0) is 19.7. The van der Waals surface area contributed by atoms with Crippen LogP contribution in [-0.4, -0.2) is 39.7 Å². The standard InChI is InChI=1S/C22H23N3O3/c1-15-7-3-4-8-17(15)18-10-9-16(13-23-18)19(26)14-25-20(27)22(24-21(25)28)11-5-2-6-12-22/h3-4,7-10,13H,2,5-6,11-12,14H2,1H3,(H,24,28). The Bertz CT molecular complexity index is 930. The average molecular weight is 377 g/mol. The summed E-state index contributed by atoms with van der Waals surface area (Å²) in [6.07, 6.45) is 5.71. The lowest BCUT2D eigenvalue weighted by Gasteiger charge is -2.30. The Balaban J connectivity index is 1.49. The number of imide groups is 1. The molecule has 6 nitrogen and oxygen atoms in total. The Morgan fingerprint density at radius 2 is 1.86 bits per heavy atom. The quantitative estimate of drug-likeness (QED) is 0.653. The van der Waals surface area contributed by atoms with E-state index in [1.165, 1.54) is 6.20 Å². The van der Waals surface area contributed by atoms with Crippen LogP contribution in [-0.2, 0) is 4.79 Å². The summed E-state index contributed by atoms with van der Waals surface area (Å²) in [6, 6.07) is 10.9. The van der Waals surface area contributed by atoms with Gasteiger partial charge in [-0.2, -0.15) is 0 Å². The van der Waals surface area contributed by atoms with E-state index >= 15 is 0 Å². The highest BCUT2D eigenvalue weighted by atomic mass is 16.2. The van der Waals surface area contributed by atoms with Crippen molar-refractivity contribution in [3.8, 4) is 11.3 Å². The van der Waals surface area contributed by atoms with E-state index in [0.29, 0.717) is 18.4 Å². The number of urea groups is 1. The summed E-state index contributed by atoms with van der Waals surface area (Å²) >= 11 is 0. The van der Waals surface area contributed by atoms with Crippen LogP contribution in [0.5, 0.6) is 0 Å². The van der Waals surface area contributed by atoms with Crippen LogP contribution in [0.3, 0.4) is 0 Å². The van der Waals surface area contributed by atoms with Gasteiger partial charge in [0.1, 0.15) is 5.54 Å². The third-order valence-electron chi connectivity index (χ3n) is 5.76. The minimum Gasteiger partial charge on any atom is -0.323 e. The Morgan fingerprint density at radius 1 is 1.11 bits per heavy atom. The van der Waals surface area contributed by atoms with Crippen LogP contribution in [0.1, 0.15) is 48.0 Å². The van der Waals surface area contributed by atoms with Gasteiger partial charge in [-0.25, -0.2) is 4.79 Å². The molecule has 2 aliphatic rings. The third kappa shape index (κ3) is 3.19. The molecule has 0 radical (unpaired) electrons. The van der Waals surface area contributed by atoms with E-state index < -0.39 is 11.6 Å². The van der Waals surface area contributed by atoms with Crippen molar-refractivity contribution in [2.24, 2.45) is 0 Å². The molecular weight excluding hydrogens is 354 g/mol. The van der Waals surface area contributed by atoms with Crippen molar-refractivity contribution in [1.82, 2.24) is 15.2 Å². The maximum Gasteiger partial charge on any atom is 0.325 e. The SMILES string of the molecule is Cc1ccccc1-c1ccc(C(=O)CN2C(=O)NC3(CCCCC3)C2=O)cn1. The third-order valence-corrected chi connectivity index (χ3v) is 5.76. The Kier molecular flexibility index (Phi) is 4.71. The van der Waals surface area contributed by atoms with E-state index in [1.807, 2.05) is 31.2 Å². The van der Waals surface area contributed by atoms with Gasteiger partial charge in [-0.3, -0.25) is 19.5 Å². The molecule has 1 aliphatic heterocycles. The first kappa shape index (κ1) is 18.3. The van der Waals surface area contributed by atoms with Crippen molar-refractivity contribution in [1.29, 1.82) is 0 Å². The normalized spacial score (nSPS) is 18.4. The van der Waals surface area contributed by atoms with Gasteiger partial charge in [0.2, 0.25) is 0 Å². The summed E-state index contributed by atoms with van der Waals surface area (Å²) in [4.78, 5) is 43.3. The van der Waals surface area contributed by atoms with Crippen LogP contribution in [0.4, 0.5) is 4.79 Å². The molecule has 0 atom stereocenters. The number of aryl methyl sites for hydroxylation is 1. The minimum absolute atomic E-state index is 0.252. The zero-order valence-electron chi connectivity index (χ0n) is 15.9. The van der Waals surface area contributed by atoms with Gasteiger partial charge in [-0.1, -0.05) is 43.5 Å². The molecule has 2 heterocycles. The zero-order valence-corrected chi connectivity index (χ0v) is 15.9. The molecule has 0 bridgehead atoms. The van der Waals surface area contributed by atoms with Crippen LogP contribution in [0.15, 0.2) is 42.6 Å².